The lowest BCUT2D eigenvalue weighted by Gasteiger charge is -2.10. The fourth-order valence-electron chi connectivity index (χ4n) is 1.66. The van der Waals surface area contributed by atoms with Crippen molar-refractivity contribution in [3.8, 4) is 17.2 Å². The van der Waals surface area contributed by atoms with Crippen molar-refractivity contribution >= 4 is 11.7 Å². The highest BCUT2D eigenvalue weighted by Crippen LogP contribution is 2.34. The lowest BCUT2D eigenvalue weighted by atomic mass is 10.2. The molecule has 0 saturated carbocycles. The van der Waals surface area contributed by atoms with Crippen molar-refractivity contribution in [1.82, 2.24) is 0 Å². The number of carboxylic acid groups (broad SMARTS) is 1. The molecular weight excluding hydrogens is 262 g/mol. The second kappa shape index (κ2) is 5.83. The summed E-state index contributed by atoms with van der Waals surface area (Å²) in [6.45, 7) is 0. The van der Waals surface area contributed by atoms with Crippen molar-refractivity contribution in [2.45, 2.75) is 0 Å². The highest BCUT2D eigenvalue weighted by molar-refractivity contribution is 5.90. The van der Waals surface area contributed by atoms with Crippen LogP contribution in [0, 0.1) is 4.91 Å². The molecule has 0 aliphatic carbocycles. The van der Waals surface area contributed by atoms with E-state index in [9.17, 15) is 9.70 Å². The summed E-state index contributed by atoms with van der Waals surface area (Å²) in [6.07, 6.45) is 0. The van der Waals surface area contributed by atoms with Gasteiger partial charge in [-0.2, -0.15) is 0 Å². The van der Waals surface area contributed by atoms with E-state index in [1.807, 2.05) is 0 Å². The van der Waals surface area contributed by atoms with Gasteiger partial charge < -0.3 is 14.6 Å². The summed E-state index contributed by atoms with van der Waals surface area (Å²) in [7, 11) is 1.40. The van der Waals surface area contributed by atoms with Crippen molar-refractivity contribution in [2.75, 3.05) is 7.11 Å². The fraction of sp³-hybridized carbons (Fsp3) is 0.0714. The Morgan fingerprint density at radius 2 is 1.90 bits per heavy atom. The van der Waals surface area contributed by atoms with Crippen LogP contribution in [-0.2, 0) is 0 Å². The molecule has 0 aromatic heterocycles. The number of rotatable bonds is 5. The SMILES string of the molecule is COc1cc(Oc2ccccc2C(=O)O)ccc1N=O. The van der Waals surface area contributed by atoms with Crippen LogP contribution in [0.15, 0.2) is 47.6 Å². The molecule has 2 aromatic carbocycles. The molecule has 0 aliphatic rings. The zero-order valence-electron chi connectivity index (χ0n) is 10.6. The first-order valence-electron chi connectivity index (χ1n) is 5.67. The Bertz CT molecular complexity index is 654. The molecule has 0 aliphatic heterocycles. The van der Waals surface area contributed by atoms with E-state index in [1.165, 1.54) is 31.4 Å². The average molecular weight is 273 g/mol. The Labute approximate surface area is 114 Å². The minimum Gasteiger partial charge on any atom is -0.494 e. The molecule has 0 atom stereocenters. The van der Waals surface area contributed by atoms with Gasteiger partial charge in [-0.05, 0) is 29.4 Å². The zero-order chi connectivity index (χ0) is 14.5. The molecule has 0 unspecified atom stereocenters. The minimum atomic E-state index is -1.08. The molecule has 0 bridgehead atoms. The Morgan fingerprint density at radius 1 is 1.15 bits per heavy atom. The van der Waals surface area contributed by atoms with Gasteiger partial charge in [0.15, 0.2) is 5.75 Å². The van der Waals surface area contributed by atoms with Crippen LogP contribution in [0.5, 0.6) is 17.2 Å². The van der Waals surface area contributed by atoms with E-state index in [4.69, 9.17) is 14.6 Å². The van der Waals surface area contributed by atoms with E-state index in [2.05, 4.69) is 5.18 Å². The molecule has 0 amide bonds. The van der Waals surface area contributed by atoms with Crippen molar-refractivity contribution in [3.05, 3.63) is 52.9 Å². The maximum absolute atomic E-state index is 11.1. The molecule has 0 fully saturated rings. The molecule has 0 spiro atoms. The van der Waals surface area contributed by atoms with Crippen LogP contribution in [0.4, 0.5) is 5.69 Å². The summed E-state index contributed by atoms with van der Waals surface area (Å²) >= 11 is 0. The Morgan fingerprint density at radius 3 is 2.55 bits per heavy atom. The number of carbonyl (C=O) groups is 1. The molecule has 0 radical (unpaired) electrons. The standard InChI is InChI=1S/C14H11NO5/c1-19-13-8-9(6-7-11(13)15-18)20-12-5-3-2-4-10(12)14(16)17/h2-8H,1H3,(H,16,17). The molecule has 0 heterocycles. The Hall–Kier alpha value is -2.89. The van der Waals surface area contributed by atoms with Gasteiger partial charge in [0.05, 0.1) is 7.11 Å². The first-order chi connectivity index (χ1) is 9.65. The Kier molecular flexibility index (Phi) is 3.95. The van der Waals surface area contributed by atoms with E-state index in [-0.39, 0.29) is 22.7 Å². The van der Waals surface area contributed by atoms with E-state index in [0.717, 1.165) is 0 Å². The van der Waals surface area contributed by atoms with Crippen LogP contribution in [-0.4, -0.2) is 18.2 Å². The minimum absolute atomic E-state index is 0.0454. The van der Waals surface area contributed by atoms with Crippen molar-refractivity contribution in [3.63, 3.8) is 0 Å². The van der Waals surface area contributed by atoms with Crippen LogP contribution in [0.3, 0.4) is 0 Å². The maximum atomic E-state index is 11.1. The average Bonchev–Trinajstić information content (AvgIpc) is 2.47. The van der Waals surface area contributed by atoms with Gasteiger partial charge in [-0.3, -0.25) is 0 Å². The predicted octanol–water partition coefficient (Wildman–Crippen LogP) is 3.58. The largest absolute Gasteiger partial charge is 0.494 e. The highest BCUT2D eigenvalue weighted by atomic mass is 16.5. The third-order valence-electron chi connectivity index (χ3n) is 2.59. The number of carboxylic acids is 1. The van der Waals surface area contributed by atoms with Gasteiger partial charge in [0.2, 0.25) is 0 Å². The van der Waals surface area contributed by atoms with E-state index < -0.39 is 5.97 Å². The van der Waals surface area contributed by atoms with Gasteiger partial charge in [0, 0.05) is 6.07 Å². The number of benzene rings is 2. The van der Waals surface area contributed by atoms with Crippen molar-refractivity contribution in [2.24, 2.45) is 5.18 Å². The van der Waals surface area contributed by atoms with E-state index in [1.54, 1.807) is 18.2 Å². The van der Waals surface area contributed by atoms with Crippen LogP contribution >= 0.6 is 0 Å². The maximum Gasteiger partial charge on any atom is 0.339 e. The van der Waals surface area contributed by atoms with Crippen molar-refractivity contribution < 1.29 is 19.4 Å². The summed E-state index contributed by atoms with van der Waals surface area (Å²) in [6, 6.07) is 10.7. The van der Waals surface area contributed by atoms with Crippen LogP contribution in [0.25, 0.3) is 0 Å². The van der Waals surface area contributed by atoms with Gasteiger partial charge in [-0.25, -0.2) is 4.79 Å². The van der Waals surface area contributed by atoms with Gasteiger partial charge in [-0.15, -0.1) is 4.91 Å². The second-order valence-electron chi connectivity index (χ2n) is 3.83. The molecular formula is C14H11NO5. The van der Waals surface area contributed by atoms with Gasteiger partial charge in [0.25, 0.3) is 0 Å². The van der Waals surface area contributed by atoms with E-state index in [0.29, 0.717) is 5.75 Å². The molecule has 2 rings (SSSR count). The molecule has 6 heteroatoms. The fourth-order valence-corrected chi connectivity index (χ4v) is 1.66. The number of methoxy groups -OCH3 is 1. The monoisotopic (exact) mass is 273 g/mol. The number of aromatic carboxylic acids is 1. The van der Waals surface area contributed by atoms with Gasteiger partial charge in [-0.1, -0.05) is 12.1 Å². The lowest BCUT2D eigenvalue weighted by Crippen LogP contribution is -1.99. The van der Waals surface area contributed by atoms with Crippen molar-refractivity contribution in [1.29, 1.82) is 0 Å². The zero-order valence-corrected chi connectivity index (χ0v) is 10.6. The number of hydrogen-bond acceptors (Lipinski definition) is 5. The molecule has 0 saturated heterocycles. The number of ether oxygens (including phenoxy) is 2. The van der Waals surface area contributed by atoms with Crippen LogP contribution < -0.4 is 9.47 Å². The first-order valence-corrected chi connectivity index (χ1v) is 5.67. The van der Waals surface area contributed by atoms with Gasteiger partial charge >= 0.3 is 5.97 Å². The summed E-state index contributed by atoms with van der Waals surface area (Å²) in [5.74, 6) is -0.277. The van der Waals surface area contributed by atoms with E-state index >= 15 is 0 Å². The highest BCUT2D eigenvalue weighted by Gasteiger charge is 2.12. The predicted molar refractivity (Wildman–Crippen MR) is 71.9 cm³/mol. The smallest absolute Gasteiger partial charge is 0.339 e. The number of nitroso groups, excluding NO2 is 1. The summed E-state index contributed by atoms with van der Waals surface area (Å²) in [4.78, 5) is 21.6. The second-order valence-corrected chi connectivity index (χ2v) is 3.83. The van der Waals surface area contributed by atoms with Crippen LogP contribution in [0.2, 0.25) is 0 Å². The molecule has 20 heavy (non-hydrogen) atoms. The Balaban J connectivity index is 2.35. The number of nitrogens with zero attached hydrogens (tertiary/aromatic N) is 1. The van der Waals surface area contributed by atoms with Crippen LogP contribution in [0.1, 0.15) is 10.4 Å². The molecule has 1 N–H and O–H groups in total. The third-order valence-corrected chi connectivity index (χ3v) is 2.59. The molecule has 102 valence electrons. The summed E-state index contributed by atoms with van der Waals surface area (Å²) in [5, 5.41) is 11.9. The third kappa shape index (κ3) is 2.74. The topological polar surface area (TPSA) is 85.2 Å². The first kappa shape index (κ1) is 13.5. The quantitative estimate of drug-likeness (QED) is 0.841. The summed E-state index contributed by atoms with van der Waals surface area (Å²) in [5.41, 5.74) is 0.190. The number of hydrogen-bond donors (Lipinski definition) is 1. The molecule has 2 aromatic rings. The molecule has 6 nitrogen and oxygen atoms in total. The lowest BCUT2D eigenvalue weighted by molar-refractivity contribution is 0.0694. The summed E-state index contributed by atoms with van der Waals surface area (Å²) < 4.78 is 10.5. The number of para-hydroxylation sites is 1. The normalized spacial score (nSPS) is 9.85. The van der Waals surface area contributed by atoms with Gasteiger partial charge in [0.1, 0.15) is 22.7 Å².